The highest BCUT2D eigenvalue weighted by atomic mass is 127. The van der Waals surface area contributed by atoms with Gasteiger partial charge in [-0.15, -0.1) is 13.2 Å². The van der Waals surface area contributed by atoms with Gasteiger partial charge in [0.2, 0.25) is 5.88 Å². The molecule has 0 aliphatic carbocycles. The first kappa shape index (κ1) is 15.3. The van der Waals surface area contributed by atoms with Crippen LogP contribution in [-0.4, -0.2) is 19.8 Å². The monoisotopic (exact) mass is 412 g/mol. The van der Waals surface area contributed by atoms with Gasteiger partial charge in [0.15, 0.2) is 5.03 Å². The second-order valence-corrected chi connectivity index (χ2v) is 6.32. The van der Waals surface area contributed by atoms with Crippen molar-refractivity contribution in [3.8, 4) is 11.9 Å². The molecule has 5 nitrogen and oxygen atoms in total. The van der Waals surface area contributed by atoms with E-state index in [9.17, 15) is 21.6 Å². The zero-order valence-corrected chi connectivity index (χ0v) is 11.7. The van der Waals surface area contributed by atoms with Crippen LogP contribution in [0.3, 0.4) is 0 Å². The van der Waals surface area contributed by atoms with Crippen molar-refractivity contribution in [1.82, 2.24) is 4.98 Å². The molecule has 11 heteroatoms. The fourth-order valence-electron chi connectivity index (χ4n) is 0.867. The minimum absolute atomic E-state index is 0.267. The highest BCUT2D eigenvalue weighted by Crippen LogP contribution is 2.30. The number of nitrogens with zero attached hydrogens (tertiary/aromatic N) is 2. The van der Waals surface area contributed by atoms with Crippen molar-refractivity contribution in [3.63, 3.8) is 0 Å². The molecule has 0 bridgehead atoms. The molecule has 0 amide bonds. The van der Waals surface area contributed by atoms with Crippen LogP contribution >= 0.6 is 33.3 Å². The maximum atomic E-state index is 12.1. The lowest BCUT2D eigenvalue weighted by Gasteiger charge is -2.10. The van der Waals surface area contributed by atoms with Crippen molar-refractivity contribution in [2.75, 3.05) is 0 Å². The molecule has 1 aromatic heterocycles. The summed E-state index contributed by atoms with van der Waals surface area (Å²) in [7, 11) is 0.573. The van der Waals surface area contributed by atoms with Crippen LogP contribution in [0, 0.1) is 14.9 Å². The third-order valence-corrected chi connectivity index (χ3v) is 3.71. The topological polar surface area (TPSA) is 80.0 Å². The van der Waals surface area contributed by atoms with Crippen molar-refractivity contribution >= 4 is 42.3 Å². The molecule has 18 heavy (non-hydrogen) atoms. The van der Waals surface area contributed by atoms with E-state index in [4.69, 9.17) is 15.9 Å². The largest absolute Gasteiger partial charge is 0.574 e. The van der Waals surface area contributed by atoms with E-state index in [-0.39, 0.29) is 9.13 Å². The standard InChI is InChI=1S/C7HClF3IN2O3S/c8-18(15,16)4-1-3(2-13)5(12)6(14-4)17-7(9,10)11/h1H. The number of alkyl halides is 3. The van der Waals surface area contributed by atoms with Gasteiger partial charge in [0, 0.05) is 10.7 Å². The fourth-order valence-corrected chi connectivity index (χ4v) is 2.06. The molecule has 0 unspecified atom stereocenters. The Morgan fingerprint density at radius 3 is 2.44 bits per heavy atom. The quantitative estimate of drug-likeness (QED) is 0.550. The smallest absolute Gasteiger partial charge is 0.387 e. The molecule has 0 spiro atoms. The molecule has 0 aromatic carbocycles. The Hall–Kier alpha value is -0.800. The van der Waals surface area contributed by atoms with E-state index in [1.165, 1.54) is 28.7 Å². The fraction of sp³-hybridized carbons (Fsp3) is 0.143. The number of ether oxygens (including phenoxy) is 1. The van der Waals surface area contributed by atoms with Crippen LogP contribution < -0.4 is 4.74 Å². The van der Waals surface area contributed by atoms with Crippen molar-refractivity contribution in [2.45, 2.75) is 11.4 Å². The van der Waals surface area contributed by atoms with Crippen molar-refractivity contribution < 1.29 is 26.3 Å². The number of halogens is 5. The van der Waals surface area contributed by atoms with E-state index in [2.05, 4.69) is 9.72 Å². The lowest BCUT2D eigenvalue weighted by atomic mass is 10.3. The molecule has 0 atom stereocenters. The van der Waals surface area contributed by atoms with Gasteiger partial charge in [-0.05, 0) is 28.7 Å². The molecule has 98 valence electrons. The van der Waals surface area contributed by atoms with Crippen molar-refractivity contribution in [1.29, 1.82) is 5.26 Å². The van der Waals surface area contributed by atoms with Crippen LogP contribution in [0.15, 0.2) is 11.1 Å². The van der Waals surface area contributed by atoms with Gasteiger partial charge in [0.25, 0.3) is 9.05 Å². The van der Waals surface area contributed by atoms with E-state index < -0.39 is 26.3 Å². The Kier molecular flexibility index (Phi) is 4.29. The van der Waals surface area contributed by atoms with Crippen molar-refractivity contribution in [2.24, 2.45) is 0 Å². The molecule has 0 N–H and O–H groups in total. The van der Waals surface area contributed by atoms with Crippen LogP contribution in [-0.2, 0) is 9.05 Å². The van der Waals surface area contributed by atoms with Gasteiger partial charge in [0.05, 0.1) is 9.13 Å². The number of hydrogen-bond donors (Lipinski definition) is 0. The van der Waals surface area contributed by atoms with Gasteiger partial charge in [0.1, 0.15) is 6.07 Å². The molecule has 1 rings (SSSR count). The summed E-state index contributed by atoms with van der Waals surface area (Å²) < 4.78 is 61.4. The number of rotatable bonds is 2. The molecular weight excluding hydrogens is 412 g/mol. The first-order valence-corrected chi connectivity index (χ1v) is 7.24. The van der Waals surface area contributed by atoms with E-state index in [1.54, 1.807) is 0 Å². The number of pyridine rings is 1. The van der Waals surface area contributed by atoms with Gasteiger partial charge in [-0.1, -0.05) is 0 Å². The summed E-state index contributed by atoms with van der Waals surface area (Å²) in [6.45, 7) is 0. The molecule has 0 aliphatic heterocycles. The van der Waals surface area contributed by atoms with Crippen molar-refractivity contribution in [3.05, 3.63) is 15.2 Å². The Morgan fingerprint density at radius 1 is 1.50 bits per heavy atom. The van der Waals surface area contributed by atoms with Gasteiger partial charge < -0.3 is 4.74 Å². The predicted octanol–water partition coefficient (Wildman–Crippen LogP) is 2.38. The van der Waals surface area contributed by atoms with Gasteiger partial charge >= 0.3 is 6.36 Å². The second-order valence-electron chi connectivity index (χ2n) is 2.72. The molecule has 1 aromatic rings. The Labute approximate surface area is 117 Å². The first-order valence-electron chi connectivity index (χ1n) is 3.85. The Bertz CT molecular complexity index is 626. The highest BCUT2D eigenvalue weighted by Gasteiger charge is 2.34. The maximum absolute atomic E-state index is 12.1. The van der Waals surface area contributed by atoms with E-state index in [0.29, 0.717) is 0 Å². The van der Waals surface area contributed by atoms with E-state index in [0.717, 1.165) is 6.07 Å². The minimum Gasteiger partial charge on any atom is -0.387 e. The third-order valence-electron chi connectivity index (χ3n) is 1.49. The number of hydrogen-bond acceptors (Lipinski definition) is 5. The van der Waals surface area contributed by atoms with Crippen LogP contribution in [0.5, 0.6) is 5.88 Å². The summed E-state index contributed by atoms with van der Waals surface area (Å²) >= 11 is 1.38. The molecule has 0 saturated heterocycles. The highest BCUT2D eigenvalue weighted by molar-refractivity contribution is 14.1. The molecule has 0 fully saturated rings. The molecular formula is C7HClF3IN2O3S. The SMILES string of the molecule is N#Cc1cc(S(=O)(=O)Cl)nc(OC(F)(F)F)c1I. The molecule has 0 saturated carbocycles. The van der Waals surface area contributed by atoms with Crippen LogP contribution in [0.2, 0.25) is 0 Å². The molecule has 0 aliphatic rings. The van der Waals surface area contributed by atoms with E-state index in [1.807, 2.05) is 0 Å². The number of aromatic nitrogens is 1. The molecule has 1 heterocycles. The lowest BCUT2D eigenvalue weighted by Crippen LogP contribution is -2.19. The summed E-state index contributed by atoms with van der Waals surface area (Å²) in [6.07, 6.45) is -5.06. The third kappa shape index (κ3) is 3.85. The predicted molar refractivity (Wildman–Crippen MR) is 61.4 cm³/mol. The zero-order valence-electron chi connectivity index (χ0n) is 7.99. The Morgan fingerprint density at radius 2 is 2.06 bits per heavy atom. The average Bonchev–Trinajstić information content (AvgIpc) is 2.17. The Balaban J connectivity index is 3.48. The lowest BCUT2D eigenvalue weighted by molar-refractivity contribution is -0.276. The number of nitriles is 1. The van der Waals surface area contributed by atoms with Crippen LogP contribution in [0.1, 0.15) is 5.56 Å². The summed E-state index contributed by atoms with van der Waals surface area (Å²) in [6, 6.07) is 2.27. The van der Waals surface area contributed by atoms with Crippen LogP contribution in [0.25, 0.3) is 0 Å². The first-order chi connectivity index (χ1) is 8.04. The summed E-state index contributed by atoms with van der Waals surface area (Å²) in [5, 5.41) is 7.79. The van der Waals surface area contributed by atoms with Crippen LogP contribution in [0.4, 0.5) is 13.2 Å². The zero-order chi connectivity index (χ0) is 14.1. The summed E-state index contributed by atoms with van der Waals surface area (Å²) in [5.74, 6) is -1.04. The van der Waals surface area contributed by atoms with Gasteiger partial charge in [-0.25, -0.2) is 8.42 Å². The van der Waals surface area contributed by atoms with E-state index >= 15 is 0 Å². The minimum atomic E-state index is -5.06. The maximum Gasteiger partial charge on any atom is 0.574 e. The summed E-state index contributed by atoms with van der Waals surface area (Å²) in [5.41, 5.74) is -0.343. The van der Waals surface area contributed by atoms with Gasteiger partial charge in [-0.2, -0.15) is 10.2 Å². The average molecular weight is 413 g/mol. The second kappa shape index (κ2) is 5.06. The van der Waals surface area contributed by atoms with Gasteiger partial charge in [-0.3, -0.25) is 0 Å². The molecule has 0 radical (unpaired) electrons. The normalized spacial score (nSPS) is 12.0. The summed E-state index contributed by atoms with van der Waals surface area (Å²) in [4.78, 5) is 3.12.